The van der Waals surface area contributed by atoms with E-state index in [2.05, 4.69) is 46.0 Å². The first-order valence-corrected chi connectivity index (χ1v) is 7.57. The quantitative estimate of drug-likeness (QED) is 0.815. The first-order chi connectivity index (χ1) is 7.95. The van der Waals surface area contributed by atoms with Crippen molar-refractivity contribution in [3.63, 3.8) is 0 Å². The van der Waals surface area contributed by atoms with Crippen LogP contribution < -0.4 is 5.32 Å². The molecule has 2 rings (SSSR count). The SMILES string of the molecule is CCCNC(c1cc(C)sc1C)C1CC1(C)C. The van der Waals surface area contributed by atoms with Gasteiger partial charge in [-0.15, -0.1) is 11.3 Å². The molecule has 0 bridgehead atoms. The van der Waals surface area contributed by atoms with E-state index >= 15 is 0 Å². The zero-order valence-corrected chi connectivity index (χ0v) is 12.6. The van der Waals surface area contributed by atoms with Crippen LogP contribution in [-0.2, 0) is 0 Å². The Bertz CT molecular complexity index is 392. The van der Waals surface area contributed by atoms with Gasteiger partial charge in [0.15, 0.2) is 0 Å². The first kappa shape index (κ1) is 13.1. The summed E-state index contributed by atoms with van der Waals surface area (Å²) in [6, 6.07) is 2.97. The number of nitrogens with one attached hydrogen (secondary N) is 1. The summed E-state index contributed by atoms with van der Waals surface area (Å²) in [7, 11) is 0. The Labute approximate surface area is 110 Å². The lowest BCUT2D eigenvalue weighted by Crippen LogP contribution is -2.25. The summed E-state index contributed by atoms with van der Waals surface area (Å²) in [6.07, 6.45) is 2.58. The van der Waals surface area contributed by atoms with Crippen LogP contribution in [0.3, 0.4) is 0 Å². The molecule has 1 saturated carbocycles. The van der Waals surface area contributed by atoms with E-state index in [0.29, 0.717) is 11.5 Å². The summed E-state index contributed by atoms with van der Waals surface area (Å²) in [6.45, 7) is 12.7. The van der Waals surface area contributed by atoms with E-state index in [1.165, 1.54) is 22.6 Å². The number of hydrogen-bond donors (Lipinski definition) is 1. The van der Waals surface area contributed by atoms with Gasteiger partial charge in [0, 0.05) is 15.8 Å². The Morgan fingerprint density at radius 1 is 1.47 bits per heavy atom. The van der Waals surface area contributed by atoms with Gasteiger partial charge in [-0.1, -0.05) is 20.8 Å². The second-order valence-corrected chi connectivity index (χ2v) is 7.56. The van der Waals surface area contributed by atoms with Crippen molar-refractivity contribution in [2.45, 2.75) is 53.5 Å². The maximum atomic E-state index is 3.76. The summed E-state index contributed by atoms with van der Waals surface area (Å²) in [4.78, 5) is 2.94. The Kier molecular flexibility index (Phi) is 3.65. The molecule has 0 aromatic carbocycles. The molecular weight excluding hydrogens is 226 g/mol. The average Bonchev–Trinajstić information content (AvgIpc) is 2.72. The molecule has 0 spiro atoms. The van der Waals surface area contributed by atoms with Gasteiger partial charge in [0.1, 0.15) is 0 Å². The standard InChI is InChI=1S/C15H25NS/c1-6-7-16-14(13-9-15(13,4)5)12-8-10(2)17-11(12)3/h8,13-14,16H,6-7,9H2,1-5H3. The maximum absolute atomic E-state index is 3.76. The van der Waals surface area contributed by atoms with E-state index in [1.54, 1.807) is 5.56 Å². The molecule has 1 aliphatic rings. The first-order valence-electron chi connectivity index (χ1n) is 6.76. The molecule has 1 aromatic rings. The third kappa shape index (κ3) is 2.74. The van der Waals surface area contributed by atoms with Crippen molar-refractivity contribution in [1.82, 2.24) is 5.32 Å². The fourth-order valence-electron chi connectivity index (χ4n) is 2.80. The Hall–Kier alpha value is -0.340. The van der Waals surface area contributed by atoms with Crippen LogP contribution in [0.1, 0.15) is 55.0 Å². The van der Waals surface area contributed by atoms with Crippen LogP contribution in [-0.4, -0.2) is 6.54 Å². The summed E-state index contributed by atoms with van der Waals surface area (Å²) < 4.78 is 0. The molecule has 1 fully saturated rings. The van der Waals surface area contributed by atoms with E-state index in [1.807, 2.05) is 11.3 Å². The maximum Gasteiger partial charge on any atom is 0.0365 e. The minimum Gasteiger partial charge on any atom is -0.310 e. The van der Waals surface area contributed by atoms with E-state index < -0.39 is 0 Å². The van der Waals surface area contributed by atoms with E-state index in [-0.39, 0.29) is 0 Å². The molecular formula is C15H25NS. The fraction of sp³-hybridized carbons (Fsp3) is 0.733. The molecule has 0 radical (unpaired) electrons. The predicted molar refractivity (Wildman–Crippen MR) is 76.7 cm³/mol. The molecule has 1 heterocycles. The van der Waals surface area contributed by atoms with Crippen molar-refractivity contribution in [3.05, 3.63) is 21.4 Å². The molecule has 0 amide bonds. The van der Waals surface area contributed by atoms with Crippen LogP contribution >= 0.6 is 11.3 Å². The van der Waals surface area contributed by atoms with Gasteiger partial charge in [-0.25, -0.2) is 0 Å². The molecule has 2 unspecified atom stereocenters. The minimum absolute atomic E-state index is 0.535. The van der Waals surface area contributed by atoms with Gasteiger partial charge in [0.25, 0.3) is 0 Å². The van der Waals surface area contributed by atoms with Gasteiger partial charge in [-0.2, -0.15) is 0 Å². The predicted octanol–water partition coefficient (Wildman–Crippen LogP) is 4.45. The highest BCUT2D eigenvalue weighted by atomic mass is 32.1. The highest BCUT2D eigenvalue weighted by Gasteiger charge is 2.50. The number of hydrogen-bond acceptors (Lipinski definition) is 2. The van der Waals surface area contributed by atoms with Crippen LogP contribution in [0.15, 0.2) is 6.07 Å². The van der Waals surface area contributed by atoms with Gasteiger partial charge < -0.3 is 5.32 Å². The van der Waals surface area contributed by atoms with Crippen molar-refractivity contribution in [2.24, 2.45) is 11.3 Å². The van der Waals surface area contributed by atoms with Crippen LogP contribution in [0.25, 0.3) is 0 Å². The van der Waals surface area contributed by atoms with Crippen LogP contribution in [0.2, 0.25) is 0 Å². The molecule has 17 heavy (non-hydrogen) atoms. The van der Waals surface area contributed by atoms with Gasteiger partial charge in [-0.3, -0.25) is 0 Å². The van der Waals surface area contributed by atoms with Crippen molar-refractivity contribution in [3.8, 4) is 0 Å². The van der Waals surface area contributed by atoms with Crippen molar-refractivity contribution < 1.29 is 0 Å². The lowest BCUT2D eigenvalue weighted by Gasteiger charge is -2.20. The Morgan fingerprint density at radius 3 is 2.53 bits per heavy atom. The highest BCUT2D eigenvalue weighted by molar-refractivity contribution is 7.12. The average molecular weight is 251 g/mol. The number of rotatable bonds is 5. The van der Waals surface area contributed by atoms with Gasteiger partial charge >= 0.3 is 0 Å². The molecule has 1 N–H and O–H groups in total. The van der Waals surface area contributed by atoms with Gasteiger partial charge in [0.2, 0.25) is 0 Å². The topological polar surface area (TPSA) is 12.0 Å². The molecule has 0 saturated heterocycles. The largest absolute Gasteiger partial charge is 0.310 e. The molecule has 1 nitrogen and oxygen atoms in total. The summed E-state index contributed by atoms with van der Waals surface area (Å²) in [5.74, 6) is 0.821. The lowest BCUT2D eigenvalue weighted by atomic mass is 9.97. The molecule has 2 atom stereocenters. The molecule has 1 aromatic heterocycles. The summed E-state index contributed by atoms with van der Waals surface area (Å²) in [5.41, 5.74) is 2.09. The van der Waals surface area contributed by atoms with Crippen molar-refractivity contribution in [2.75, 3.05) is 6.54 Å². The van der Waals surface area contributed by atoms with Crippen molar-refractivity contribution in [1.29, 1.82) is 0 Å². The molecule has 1 aliphatic carbocycles. The third-order valence-corrected chi connectivity index (χ3v) is 5.00. The molecule has 0 aliphatic heterocycles. The zero-order chi connectivity index (χ0) is 12.6. The Balaban J connectivity index is 2.18. The normalized spacial score (nSPS) is 23.7. The van der Waals surface area contributed by atoms with Crippen molar-refractivity contribution >= 4 is 11.3 Å². The third-order valence-electron chi connectivity index (χ3n) is 4.02. The lowest BCUT2D eigenvalue weighted by molar-refractivity contribution is 0.415. The summed E-state index contributed by atoms with van der Waals surface area (Å²) >= 11 is 1.94. The Morgan fingerprint density at radius 2 is 2.12 bits per heavy atom. The van der Waals surface area contributed by atoms with Crippen LogP contribution in [0.4, 0.5) is 0 Å². The highest BCUT2D eigenvalue weighted by Crippen LogP contribution is 2.58. The zero-order valence-electron chi connectivity index (χ0n) is 11.8. The van der Waals surface area contributed by atoms with E-state index in [4.69, 9.17) is 0 Å². The van der Waals surface area contributed by atoms with E-state index in [0.717, 1.165) is 12.5 Å². The van der Waals surface area contributed by atoms with E-state index in [9.17, 15) is 0 Å². The number of thiophene rings is 1. The van der Waals surface area contributed by atoms with Gasteiger partial charge in [0.05, 0.1) is 0 Å². The molecule has 96 valence electrons. The second kappa shape index (κ2) is 4.74. The monoisotopic (exact) mass is 251 g/mol. The smallest absolute Gasteiger partial charge is 0.0365 e. The fourth-order valence-corrected chi connectivity index (χ4v) is 3.78. The van der Waals surface area contributed by atoms with Crippen LogP contribution in [0.5, 0.6) is 0 Å². The number of aryl methyl sites for hydroxylation is 2. The second-order valence-electron chi connectivity index (χ2n) is 6.10. The minimum atomic E-state index is 0.535. The molecule has 2 heteroatoms. The van der Waals surface area contributed by atoms with Crippen LogP contribution in [0, 0.1) is 25.2 Å². The summed E-state index contributed by atoms with van der Waals surface area (Å²) in [5, 5.41) is 3.76. The van der Waals surface area contributed by atoms with Gasteiger partial charge in [-0.05, 0) is 56.2 Å².